The van der Waals surface area contributed by atoms with Crippen molar-refractivity contribution < 1.29 is 23.8 Å². The molecule has 0 bridgehead atoms. The number of furan rings is 1. The van der Waals surface area contributed by atoms with Crippen LogP contribution in [0.4, 0.5) is 0 Å². The number of benzene rings is 1. The lowest BCUT2D eigenvalue weighted by Crippen LogP contribution is -2.35. The standard InChI is InChI=1S/C21H24O6/c1-13(4-6-18(22)21(2,3)24)8-10-26-20-14-5-7-19(23)27-17(14)12-16-15(20)9-11-25-16/h5,7-9,11-12,18,22,24H,4,6,10H2,1-3H3/b13-8-. The smallest absolute Gasteiger partial charge is 0.336 e. The molecule has 0 fully saturated rings. The molecule has 1 aromatic carbocycles. The molecule has 0 saturated carbocycles. The Morgan fingerprint density at radius 3 is 2.74 bits per heavy atom. The Morgan fingerprint density at radius 1 is 1.26 bits per heavy atom. The van der Waals surface area contributed by atoms with Crippen molar-refractivity contribution in [3.63, 3.8) is 0 Å². The van der Waals surface area contributed by atoms with Gasteiger partial charge in [-0.3, -0.25) is 0 Å². The van der Waals surface area contributed by atoms with E-state index in [0.717, 1.165) is 11.0 Å². The SMILES string of the molecule is C/C(=C/COc1c2ccoc2cc2oc(=O)ccc12)CCC(O)C(C)(C)O. The highest BCUT2D eigenvalue weighted by Gasteiger charge is 2.23. The molecule has 3 rings (SSSR count). The summed E-state index contributed by atoms with van der Waals surface area (Å²) in [6.07, 6.45) is 3.83. The third kappa shape index (κ3) is 4.40. The van der Waals surface area contributed by atoms with Crippen LogP contribution < -0.4 is 10.4 Å². The minimum Gasteiger partial charge on any atom is -0.488 e. The van der Waals surface area contributed by atoms with Crippen molar-refractivity contribution in [2.75, 3.05) is 6.61 Å². The average Bonchev–Trinajstić information content (AvgIpc) is 3.06. The van der Waals surface area contributed by atoms with Crippen molar-refractivity contribution in [2.24, 2.45) is 0 Å². The van der Waals surface area contributed by atoms with Gasteiger partial charge in [0.2, 0.25) is 0 Å². The number of rotatable bonds is 7. The topological polar surface area (TPSA) is 93.0 Å². The van der Waals surface area contributed by atoms with E-state index in [1.54, 1.807) is 32.2 Å². The van der Waals surface area contributed by atoms with Crippen LogP contribution in [0.15, 0.2) is 55.8 Å². The van der Waals surface area contributed by atoms with Crippen molar-refractivity contribution in [3.05, 3.63) is 52.6 Å². The first kappa shape index (κ1) is 19.2. The Morgan fingerprint density at radius 2 is 2.00 bits per heavy atom. The maximum atomic E-state index is 11.5. The van der Waals surface area contributed by atoms with Crippen LogP contribution in [0.1, 0.15) is 33.6 Å². The van der Waals surface area contributed by atoms with E-state index >= 15 is 0 Å². The maximum Gasteiger partial charge on any atom is 0.336 e. The molecule has 0 saturated heterocycles. The van der Waals surface area contributed by atoms with Crippen molar-refractivity contribution in [1.82, 2.24) is 0 Å². The molecule has 1 atom stereocenters. The number of aliphatic hydroxyl groups is 2. The highest BCUT2D eigenvalue weighted by molar-refractivity contribution is 6.01. The number of fused-ring (bicyclic) bond motifs is 2. The number of aliphatic hydroxyl groups excluding tert-OH is 1. The van der Waals surface area contributed by atoms with Crippen LogP contribution in [0, 0.1) is 0 Å². The van der Waals surface area contributed by atoms with Gasteiger partial charge in [0.25, 0.3) is 0 Å². The molecule has 3 aromatic rings. The molecule has 27 heavy (non-hydrogen) atoms. The van der Waals surface area contributed by atoms with Crippen LogP contribution in [-0.4, -0.2) is 28.5 Å². The summed E-state index contributed by atoms with van der Waals surface area (Å²) in [5.41, 5.74) is 0.500. The molecule has 6 nitrogen and oxygen atoms in total. The summed E-state index contributed by atoms with van der Waals surface area (Å²) >= 11 is 0. The summed E-state index contributed by atoms with van der Waals surface area (Å²) in [6, 6.07) is 6.53. The lowest BCUT2D eigenvalue weighted by Gasteiger charge is -2.24. The van der Waals surface area contributed by atoms with Gasteiger partial charge < -0.3 is 23.8 Å². The van der Waals surface area contributed by atoms with Gasteiger partial charge >= 0.3 is 5.63 Å². The zero-order valence-corrected chi connectivity index (χ0v) is 15.7. The predicted molar refractivity (Wildman–Crippen MR) is 103 cm³/mol. The van der Waals surface area contributed by atoms with E-state index < -0.39 is 17.3 Å². The van der Waals surface area contributed by atoms with Crippen molar-refractivity contribution in [3.8, 4) is 5.75 Å². The van der Waals surface area contributed by atoms with Gasteiger partial charge in [-0.25, -0.2) is 4.79 Å². The third-order valence-corrected chi connectivity index (χ3v) is 4.60. The quantitative estimate of drug-likeness (QED) is 0.484. The highest BCUT2D eigenvalue weighted by atomic mass is 16.5. The minimum atomic E-state index is -1.11. The first-order valence-corrected chi connectivity index (χ1v) is 8.88. The first-order chi connectivity index (χ1) is 12.8. The van der Waals surface area contributed by atoms with Gasteiger partial charge in [-0.1, -0.05) is 5.57 Å². The van der Waals surface area contributed by atoms with Crippen LogP contribution in [0.2, 0.25) is 0 Å². The van der Waals surface area contributed by atoms with E-state index in [0.29, 0.717) is 41.8 Å². The Kier molecular flexibility index (Phi) is 5.39. The normalized spacial score (nSPS) is 14.0. The second-order valence-electron chi connectivity index (χ2n) is 7.27. The van der Waals surface area contributed by atoms with E-state index in [1.165, 1.54) is 6.07 Å². The van der Waals surface area contributed by atoms with E-state index in [1.807, 2.05) is 19.1 Å². The molecule has 144 valence electrons. The third-order valence-electron chi connectivity index (χ3n) is 4.60. The summed E-state index contributed by atoms with van der Waals surface area (Å²) in [7, 11) is 0. The Labute approximate surface area is 156 Å². The largest absolute Gasteiger partial charge is 0.488 e. The Balaban J connectivity index is 1.76. The van der Waals surface area contributed by atoms with Gasteiger partial charge in [0, 0.05) is 12.1 Å². The molecule has 6 heteroatoms. The van der Waals surface area contributed by atoms with Gasteiger partial charge in [0.15, 0.2) is 0 Å². The highest BCUT2D eigenvalue weighted by Crippen LogP contribution is 2.35. The van der Waals surface area contributed by atoms with Crippen LogP contribution >= 0.6 is 0 Å². The number of ether oxygens (including phenoxy) is 1. The molecule has 1 unspecified atom stereocenters. The number of allylic oxidation sites excluding steroid dienone is 1. The summed E-state index contributed by atoms with van der Waals surface area (Å²) in [5, 5.41) is 21.2. The molecule has 0 radical (unpaired) electrons. The van der Waals surface area contributed by atoms with E-state index in [-0.39, 0.29) is 0 Å². The van der Waals surface area contributed by atoms with Crippen molar-refractivity contribution in [2.45, 2.75) is 45.3 Å². The van der Waals surface area contributed by atoms with E-state index in [2.05, 4.69) is 0 Å². The first-order valence-electron chi connectivity index (χ1n) is 8.88. The van der Waals surface area contributed by atoms with Gasteiger partial charge in [-0.2, -0.15) is 0 Å². The summed E-state index contributed by atoms with van der Waals surface area (Å²) in [5.74, 6) is 0.598. The summed E-state index contributed by atoms with van der Waals surface area (Å²) < 4.78 is 16.6. The predicted octanol–water partition coefficient (Wildman–Crippen LogP) is 3.78. The zero-order chi connectivity index (χ0) is 19.6. The lowest BCUT2D eigenvalue weighted by atomic mass is 9.96. The van der Waals surface area contributed by atoms with Crippen LogP contribution in [0.5, 0.6) is 5.75 Å². The Hall–Kier alpha value is -2.57. The molecular formula is C21H24O6. The number of hydrogen-bond acceptors (Lipinski definition) is 6. The van der Waals surface area contributed by atoms with Gasteiger partial charge in [0.1, 0.15) is 23.5 Å². The zero-order valence-electron chi connectivity index (χ0n) is 15.7. The lowest BCUT2D eigenvalue weighted by molar-refractivity contribution is -0.0509. The number of hydrogen-bond donors (Lipinski definition) is 2. The maximum absolute atomic E-state index is 11.5. The molecule has 0 aliphatic rings. The van der Waals surface area contributed by atoms with Gasteiger partial charge in [0.05, 0.1) is 28.7 Å². The molecule has 2 aromatic heterocycles. The molecule has 0 amide bonds. The van der Waals surface area contributed by atoms with Gasteiger partial charge in [-0.15, -0.1) is 0 Å². The summed E-state index contributed by atoms with van der Waals surface area (Å²) in [6.45, 7) is 5.46. The molecule has 2 heterocycles. The van der Waals surface area contributed by atoms with E-state index in [4.69, 9.17) is 13.6 Å². The fourth-order valence-electron chi connectivity index (χ4n) is 2.85. The molecule has 0 aliphatic heterocycles. The monoisotopic (exact) mass is 372 g/mol. The minimum absolute atomic E-state index is 0.322. The summed E-state index contributed by atoms with van der Waals surface area (Å²) in [4.78, 5) is 11.5. The Bertz CT molecular complexity index is 1020. The second-order valence-corrected chi connectivity index (χ2v) is 7.27. The van der Waals surface area contributed by atoms with Crippen molar-refractivity contribution >= 4 is 21.9 Å². The van der Waals surface area contributed by atoms with E-state index in [9.17, 15) is 15.0 Å². The molecule has 0 aliphatic carbocycles. The molecule has 2 N–H and O–H groups in total. The van der Waals surface area contributed by atoms with Crippen LogP contribution in [-0.2, 0) is 0 Å². The molecule has 0 spiro atoms. The molecular weight excluding hydrogens is 348 g/mol. The second kappa shape index (κ2) is 7.58. The van der Waals surface area contributed by atoms with Crippen molar-refractivity contribution in [1.29, 1.82) is 0 Å². The average molecular weight is 372 g/mol. The fourth-order valence-corrected chi connectivity index (χ4v) is 2.85. The fraction of sp³-hybridized carbons (Fsp3) is 0.381. The van der Waals surface area contributed by atoms with Gasteiger partial charge in [-0.05, 0) is 51.8 Å². The van der Waals surface area contributed by atoms with Crippen LogP contribution in [0.3, 0.4) is 0 Å². The van der Waals surface area contributed by atoms with Crippen LogP contribution in [0.25, 0.3) is 21.9 Å².